The van der Waals surface area contributed by atoms with E-state index >= 15 is 0 Å². The van der Waals surface area contributed by atoms with Gasteiger partial charge in [0.05, 0.1) is 0 Å². The Morgan fingerprint density at radius 1 is 1.25 bits per heavy atom. The van der Waals surface area contributed by atoms with Gasteiger partial charge in [-0.25, -0.2) is 0 Å². The van der Waals surface area contributed by atoms with E-state index in [1.54, 1.807) is 0 Å². The molecule has 3 nitrogen and oxygen atoms in total. The number of nitrogens with one attached hydrogen (secondary N) is 1. The molecule has 0 aromatic heterocycles. The van der Waals surface area contributed by atoms with Gasteiger partial charge < -0.3 is 11.1 Å². The summed E-state index contributed by atoms with van der Waals surface area (Å²) in [5, 5.41) is 3.05. The molecule has 0 heterocycles. The number of amides is 1. The number of aryl methyl sites for hydroxylation is 1. The van der Waals surface area contributed by atoms with Gasteiger partial charge in [-0.2, -0.15) is 0 Å². The quantitative estimate of drug-likeness (QED) is 0.821. The van der Waals surface area contributed by atoms with Gasteiger partial charge in [-0.1, -0.05) is 36.8 Å². The third kappa shape index (κ3) is 5.51. The molecule has 1 amide bonds. The lowest BCUT2D eigenvalue weighted by Crippen LogP contribution is -2.38. The van der Waals surface area contributed by atoms with Crippen LogP contribution < -0.4 is 11.1 Å². The Balaban J connectivity index is 0.00000200. The van der Waals surface area contributed by atoms with Crippen molar-refractivity contribution in [2.45, 2.75) is 44.6 Å². The van der Waals surface area contributed by atoms with Crippen molar-refractivity contribution < 1.29 is 4.79 Å². The Morgan fingerprint density at radius 3 is 2.70 bits per heavy atom. The smallest absolute Gasteiger partial charge is 0.223 e. The van der Waals surface area contributed by atoms with Crippen LogP contribution in [0.3, 0.4) is 0 Å². The van der Waals surface area contributed by atoms with Gasteiger partial charge in [0.15, 0.2) is 0 Å². The molecule has 1 aromatic carbocycles. The first kappa shape index (κ1) is 17.0. The summed E-state index contributed by atoms with van der Waals surface area (Å²) in [7, 11) is 0. The third-order valence-electron chi connectivity index (χ3n) is 3.87. The van der Waals surface area contributed by atoms with Crippen molar-refractivity contribution in [2.24, 2.45) is 11.7 Å². The summed E-state index contributed by atoms with van der Waals surface area (Å²) in [6, 6.07) is 10.6. The molecule has 1 aromatic rings. The highest BCUT2D eigenvalue weighted by atomic mass is 35.5. The average Bonchev–Trinajstić information content (AvgIpc) is 2.44. The minimum atomic E-state index is 0. The van der Waals surface area contributed by atoms with E-state index in [2.05, 4.69) is 29.6 Å². The van der Waals surface area contributed by atoms with Gasteiger partial charge in [-0.05, 0) is 37.7 Å². The van der Waals surface area contributed by atoms with Crippen LogP contribution in [0, 0.1) is 5.92 Å². The Hall–Kier alpha value is -1.06. The number of benzene rings is 1. The SMILES string of the molecule is Cl.NC1CCCC(C(=O)NCCCc2ccccc2)C1. The van der Waals surface area contributed by atoms with Crippen LogP contribution in [0.2, 0.25) is 0 Å². The van der Waals surface area contributed by atoms with Crippen molar-refractivity contribution >= 4 is 18.3 Å². The molecule has 1 saturated carbocycles. The monoisotopic (exact) mass is 296 g/mol. The molecule has 2 rings (SSSR count). The highest BCUT2D eigenvalue weighted by molar-refractivity contribution is 5.85. The maximum Gasteiger partial charge on any atom is 0.223 e. The zero-order chi connectivity index (χ0) is 13.5. The molecule has 4 heteroatoms. The van der Waals surface area contributed by atoms with Crippen molar-refractivity contribution in [3.63, 3.8) is 0 Å². The number of hydrogen-bond acceptors (Lipinski definition) is 2. The Morgan fingerprint density at radius 2 is 2.00 bits per heavy atom. The fourth-order valence-electron chi connectivity index (χ4n) is 2.76. The molecular weight excluding hydrogens is 272 g/mol. The second-order valence-corrected chi connectivity index (χ2v) is 5.50. The average molecular weight is 297 g/mol. The lowest BCUT2D eigenvalue weighted by molar-refractivity contribution is -0.126. The number of nitrogens with two attached hydrogens (primary N) is 1. The molecule has 2 unspecified atom stereocenters. The van der Waals surface area contributed by atoms with Gasteiger partial charge in [-0.3, -0.25) is 4.79 Å². The minimum Gasteiger partial charge on any atom is -0.356 e. The van der Waals surface area contributed by atoms with Crippen LogP contribution >= 0.6 is 12.4 Å². The molecule has 0 spiro atoms. The van der Waals surface area contributed by atoms with Crippen molar-refractivity contribution in [3.8, 4) is 0 Å². The summed E-state index contributed by atoms with van der Waals surface area (Å²) in [5.41, 5.74) is 7.24. The van der Waals surface area contributed by atoms with Crippen LogP contribution in [-0.4, -0.2) is 18.5 Å². The highest BCUT2D eigenvalue weighted by Crippen LogP contribution is 2.23. The molecule has 0 saturated heterocycles. The van der Waals surface area contributed by atoms with Crippen molar-refractivity contribution in [1.29, 1.82) is 0 Å². The molecule has 1 fully saturated rings. The van der Waals surface area contributed by atoms with E-state index < -0.39 is 0 Å². The first-order valence-corrected chi connectivity index (χ1v) is 7.33. The van der Waals surface area contributed by atoms with Gasteiger partial charge >= 0.3 is 0 Å². The number of carbonyl (C=O) groups is 1. The summed E-state index contributed by atoms with van der Waals surface area (Å²) in [6.45, 7) is 0.763. The molecular formula is C16H25ClN2O. The Bertz CT molecular complexity index is 397. The molecule has 1 aliphatic rings. The van der Waals surface area contributed by atoms with E-state index in [4.69, 9.17) is 5.73 Å². The van der Waals surface area contributed by atoms with E-state index in [9.17, 15) is 4.79 Å². The molecule has 1 aliphatic carbocycles. The molecule has 0 aliphatic heterocycles. The normalized spacial score (nSPS) is 21.9. The van der Waals surface area contributed by atoms with E-state index in [1.807, 2.05) is 6.07 Å². The summed E-state index contributed by atoms with van der Waals surface area (Å²) in [6.07, 6.45) is 6.02. The van der Waals surface area contributed by atoms with Crippen LogP contribution in [0.4, 0.5) is 0 Å². The number of halogens is 1. The Kier molecular flexibility index (Phi) is 7.63. The molecule has 20 heavy (non-hydrogen) atoms. The summed E-state index contributed by atoms with van der Waals surface area (Å²) >= 11 is 0. The van der Waals surface area contributed by atoms with E-state index in [0.717, 1.165) is 45.1 Å². The van der Waals surface area contributed by atoms with E-state index in [-0.39, 0.29) is 30.3 Å². The van der Waals surface area contributed by atoms with E-state index in [0.29, 0.717) is 0 Å². The standard InChI is InChI=1S/C16H24N2O.ClH/c17-15-10-4-9-14(12-15)16(19)18-11-5-8-13-6-2-1-3-7-13;/h1-3,6-7,14-15H,4-5,8-12,17H2,(H,18,19);1H. The van der Waals surface area contributed by atoms with Crippen molar-refractivity contribution in [3.05, 3.63) is 35.9 Å². The first-order valence-electron chi connectivity index (χ1n) is 7.33. The first-order chi connectivity index (χ1) is 9.25. The third-order valence-corrected chi connectivity index (χ3v) is 3.87. The molecule has 2 atom stereocenters. The number of hydrogen-bond donors (Lipinski definition) is 2. The predicted octanol–water partition coefficient (Wildman–Crippen LogP) is 2.67. The molecule has 0 radical (unpaired) electrons. The van der Waals surface area contributed by atoms with Crippen LogP contribution in [0.15, 0.2) is 30.3 Å². The number of carbonyl (C=O) groups excluding carboxylic acids is 1. The second kappa shape index (κ2) is 8.98. The van der Waals surface area contributed by atoms with E-state index in [1.165, 1.54) is 5.56 Å². The zero-order valence-electron chi connectivity index (χ0n) is 11.9. The predicted molar refractivity (Wildman–Crippen MR) is 85.0 cm³/mol. The van der Waals surface area contributed by atoms with Gasteiger partial charge in [0.1, 0.15) is 0 Å². The lowest BCUT2D eigenvalue weighted by atomic mass is 9.85. The fourth-order valence-corrected chi connectivity index (χ4v) is 2.76. The molecule has 112 valence electrons. The zero-order valence-corrected chi connectivity index (χ0v) is 12.7. The maximum atomic E-state index is 12.0. The van der Waals surface area contributed by atoms with Crippen LogP contribution in [0.1, 0.15) is 37.7 Å². The van der Waals surface area contributed by atoms with Crippen LogP contribution in [-0.2, 0) is 11.2 Å². The second-order valence-electron chi connectivity index (χ2n) is 5.50. The van der Waals surface area contributed by atoms with Crippen LogP contribution in [0.25, 0.3) is 0 Å². The topological polar surface area (TPSA) is 55.1 Å². The summed E-state index contributed by atoms with van der Waals surface area (Å²) < 4.78 is 0. The van der Waals surface area contributed by atoms with Gasteiger partial charge in [0, 0.05) is 18.5 Å². The highest BCUT2D eigenvalue weighted by Gasteiger charge is 2.24. The molecule has 0 bridgehead atoms. The lowest BCUT2D eigenvalue weighted by Gasteiger charge is -2.25. The fraction of sp³-hybridized carbons (Fsp3) is 0.562. The van der Waals surface area contributed by atoms with Gasteiger partial charge in [0.25, 0.3) is 0 Å². The van der Waals surface area contributed by atoms with Gasteiger partial charge in [0.2, 0.25) is 5.91 Å². The van der Waals surface area contributed by atoms with Gasteiger partial charge in [-0.15, -0.1) is 12.4 Å². The minimum absolute atomic E-state index is 0. The van der Waals surface area contributed by atoms with Crippen LogP contribution in [0.5, 0.6) is 0 Å². The van der Waals surface area contributed by atoms with Crippen molar-refractivity contribution in [2.75, 3.05) is 6.54 Å². The largest absolute Gasteiger partial charge is 0.356 e. The summed E-state index contributed by atoms with van der Waals surface area (Å²) in [5.74, 6) is 0.337. The molecule has 3 N–H and O–H groups in total. The van der Waals surface area contributed by atoms with Crippen molar-refractivity contribution in [1.82, 2.24) is 5.32 Å². The Labute approximate surface area is 127 Å². The summed E-state index contributed by atoms with van der Waals surface area (Å²) in [4.78, 5) is 12.0. The number of rotatable bonds is 5. The maximum absolute atomic E-state index is 12.0.